The molecule has 0 spiro atoms. The number of aromatic amines is 1. The second-order valence-corrected chi connectivity index (χ2v) is 10.3. The topological polar surface area (TPSA) is 61.9 Å². The van der Waals surface area contributed by atoms with Crippen molar-refractivity contribution >= 4 is 5.91 Å². The van der Waals surface area contributed by atoms with Crippen LogP contribution in [0.25, 0.3) is 22.4 Å². The largest absolute Gasteiger partial charge is 0.335 e. The number of rotatable bonds is 9. The van der Waals surface area contributed by atoms with Gasteiger partial charge in [0.15, 0.2) is 0 Å². The summed E-state index contributed by atoms with van der Waals surface area (Å²) in [6.45, 7) is 13.9. The van der Waals surface area contributed by atoms with Crippen molar-refractivity contribution in [1.82, 2.24) is 20.3 Å². The fourth-order valence-corrected chi connectivity index (χ4v) is 4.92. The summed E-state index contributed by atoms with van der Waals surface area (Å²) in [6, 6.07) is 17.0. The summed E-state index contributed by atoms with van der Waals surface area (Å²) in [5, 5.41) is 10.9. The molecule has 176 valence electrons. The van der Waals surface area contributed by atoms with Crippen LogP contribution in [-0.4, -0.2) is 32.3 Å². The molecule has 0 aliphatic heterocycles. The summed E-state index contributed by atoms with van der Waals surface area (Å²) in [5.74, 6) is 0.634. The Hall–Kier alpha value is -2.95. The van der Waals surface area contributed by atoms with Gasteiger partial charge in [0.1, 0.15) is 5.69 Å². The van der Waals surface area contributed by atoms with E-state index in [9.17, 15) is 4.79 Å². The van der Waals surface area contributed by atoms with E-state index >= 15 is 0 Å². The van der Waals surface area contributed by atoms with Gasteiger partial charge >= 0.3 is 0 Å². The maximum Gasteiger partial charge on any atom is 0.223 e. The first-order valence-electron chi connectivity index (χ1n) is 12.1. The molecule has 3 aromatic rings. The average molecular weight is 447 g/mol. The molecular formula is C28H38N4O. The maximum absolute atomic E-state index is 13.3. The van der Waals surface area contributed by atoms with Gasteiger partial charge in [-0.3, -0.25) is 4.79 Å². The molecule has 0 aliphatic carbocycles. The second kappa shape index (κ2) is 10.8. The van der Waals surface area contributed by atoms with Gasteiger partial charge in [-0.25, -0.2) is 0 Å². The molecule has 1 aromatic heterocycles. The Bertz CT molecular complexity index is 1020. The SMILES string of the molecule is CCCCC(=O)N(Cc1ccc(-c2ccccc2-c2cn[nH]n2)cc1)[C@@H](C(C)C)C(C)(C)C. The number of carbonyl (C=O) groups excluding carboxylic acids is 1. The predicted molar refractivity (Wildman–Crippen MR) is 135 cm³/mol. The van der Waals surface area contributed by atoms with Gasteiger partial charge in [0, 0.05) is 24.6 Å². The molecule has 3 rings (SSSR count). The van der Waals surface area contributed by atoms with Crippen LogP contribution < -0.4 is 0 Å². The van der Waals surface area contributed by atoms with Crippen LogP contribution in [0.1, 0.15) is 66.4 Å². The van der Waals surface area contributed by atoms with Crippen LogP contribution in [-0.2, 0) is 11.3 Å². The van der Waals surface area contributed by atoms with E-state index in [0.29, 0.717) is 18.9 Å². The van der Waals surface area contributed by atoms with E-state index in [1.807, 2.05) is 12.1 Å². The molecule has 2 aromatic carbocycles. The second-order valence-electron chi connectivity index (χ2n) is 10.3. The quantitative estimate of drug-likeness (QED) is 0.396. The Morgan fingerprint density at radius 2 is 1.70 bits per heavy atom. The zero-order valence-corrected chi connectivity index (χ0v) is 20.9. The number of hydrogen-bond donors (Lipinski definition) is 1. The van der Waals surface area contributed by atoms with Gasteiger partial charge in [0.2, 0.25) is 5.91 Å². The molecule has 0 saturated carbocycles. The van der Waals surface area contributed by atoms with E-state index in [1.165, 1.54) is 0 Å². The summed E-state index contributed by atoms with van der Waals surface area (Å²) in [7, 11) is 0. The van der Waals surface area contributed by atoms with Crippen molar-refractivity contribution in [3.8, 4) is 22.4 Å². The molecular weight excluding hydrogens is 408 g/mol. The molecule has 0 saturated heterocycles. The number of benzene rings is 2. The van der Waals surface area contributed by atoms with Gasteiger partial charge in [-0.2, -0.15) is 15.4 Å². The fourth-order valence-electron chi connectivity index (χ4n) is 4.92. The van der Waals surface area contributed by atoms with Crippen molar-refractivity contribution in [3.63, 3.8) is 0 Å². The molecule has 1 heterocycles. The van der Waals surface area contributed by atoms with Crippen molar-refractivity contribution in [2.45, 2.75) is 73.4 Å². The minimum absolute atomic E-state index is 0.00646. The number of H-pyrrole nitrogens is 1. The average Bonchev–Trinajstić information content (AvgIpc) is 3.31. The third kappa shape index (κ3) is 6.10. The third-order valence-electron chi connectivity index (χ3n) is 6.15. The molecule has 33 heavy (non-hydrogen) atoms. The van der Waals surface area contributed by atoms with Gasteiger partial charge in [-0.05, 0) is 34.4 Å². The maximum atomic E-state index is 13.3. The summed E-state index contributed by atoms with van der Waals surface area (Å²) in [6.07, 6.45) is 4.31. The molecule has 0 bridgehead atoms. The summed E-state index contributed by atoms with van der Waals surface area (Å²) >= 11 is 0. The number of hydrogen-bond acceptors (Lipinski definition) is 3. The van der Waals surface area contributed by atoms with Gasteiger partial charge in [0.25, 0.3) is 0 Å². The normalized spacial score (nSPS) is 12.7. The summed E-state index contributed by atoms with van der Waals surface area (Å²) < 4.78 is 0. The number of unbranched alkanes of at least 4 members (excludes halogenated alkanes) is 1. The highest BCUT2D eigenvalue weighted by atomic mass is 16.2. The molecule has 1 atom stereocenters. The van der Waals surface area contributed by atoms with Crippen LogP contribution in [0.2, 0.25) is 0 Å². The van der Waals surface area contributed by atoms with Crippen molar-refractivity contribution in [2.24, 2.45) is 11.3 Å². The minimum atomic E-state index is 0.00646. The van der Waals surface area contributed by atoms with Crippen molar-refractivity contribution in [1.29, 1.82) is 0 Å². The molecule has 1 amide bonds. The molecule has 0 radical (unpaired) electrons. The first-order valence-corrected chi connectivity index (χ1v) is 12.1. The van der Waals surface area contributed by atoms with E-state index in [2.05, 4.69) is 98.3 Å². The monoisotopic (exact) mass is 446 g/mol. The smallest absolute Gasteiger partial charge is 0.223 e. The standard InChI is InChI=1S/C28H38N4O/c1-7-8-13-26(33)32(27(20(2)3)28(4,5)6)19-21-14-16-22(17-15-21)23-11-9-10-12-24(23)25-18-29-31-30-25/h9-12,14-18,20,27H,7-8,13,19H2,1-6H3,(H,29,30,31)/t27-/m0/s1. The van der Waals surface area contributed by atoms with Gasteiger partial charge in [0.05, 0.1) is 6.20 Å². The van der Waals surface area contributed by atoms with Crippen LogP contribution in [0, 0.1) is 11.3 Å². The van der Waals surface area contributed by atoms with E-state index in [0.717, 1.165) is 40.8 Å². The van der Waals surface area contributed by atoms with Crippen molar-refractivity contribution in [3.05, 3.63) is 60.3 Å². The zero-order valence-electron chi connectivity index (χ0n) is 20.9. The van der Waals surface area contributed by atoms with Crippen LogP contribution in [0.3, 0.4) is 0 Å². The van der Waals surface area contributed by atoms with Crippen molar-refractivity contribution < 1.29 is 4.79 Å². The number of amides is 1. The van der Waals surface area contributed by atoms with Crippen LogP contribution in [0.4, 0.5) is 0 Å². The molecule has 1 N–H and O–H groups in total. The fraction of sp³-hybridized carbons (Fsp3) is 0.464. The predicted octanol–water partition coefficient (Wildman–Crippen LogP) is 6.73. The molecule has 0 unspecified atom stereocenters. The molecule has 5 heteroatoms. The first kappa shape index (κ1) is 24.7. The van der Waals surface area contributed by atoms with Gasteiger partial charge in [-0.15, -0.1) is 0 Å². The number of carbonyl (C=O) groups is 1. The number of aromatic nitrogens is 3. The Kier molecular flexibility index (Phi) is 8.06. The van der Waals surface area contributed by atoms with Crippen LogP contribution in [0.5, 0.6) is 0 Å². The van der Waals surface area contributed by atoms with Gasteiger partial charge < -0.3 is 4.90 Å². The van der Waals surface area contributed by atoms with E-state index in [1.54, 1.807) is 6.20 Å². The highest BCUT2D eigenvalue weighted by Gasteiger charge is 2.35. The Morgan fingerprint density at radius 1 is 1.03 bits per heavy atom. The van der Waals surface area contributed by atoms with Gasteiger partial charge in [-0.1, -0.05) is 96.5 Å². The Morgan fingerprint density at radius 3 is 2.24 bits per heavy atom. The van der Waals surface area contributed by atoms with E-state index in [-0.39, 0.29) is 17.4 Å². The lowest BCUT2D eigenvalue weighted by Gasteiger charge is -2.43. The minimum Gasteiger partial charge on any atom is -0.335 e. The summed E-state index contributed by atoms with van der Waals surface area (Å²) in [5.41, 5.74) is 5.26. The van der Waals surface area contributed by atoms with Crippen LogP contribution >= 0.6 is 0 Å². The lowest BCUT2D eigenvalue weighted by molar-refractivity contribution is -0.138. The van der Waals surface area contributed by atoms with E-state index < -0.39 is 0 Å². The van der Waals surface area contributed by atoms with Crippen LogP contribution in [0.15, 0.2) is 54.7 Å². The highest BCUT2D eigenvalue weighted by molar-refractivity contribution is 5.81. The third-order valence-corrected chi connectivity index (χ3v) is 6.15. The number of nitrogens with zero attached hydrogens (tertiary/aromatic N) is 3. The Labute approximate surface area is 198 Å². The van der Waals surface area contributed by atoms with E-state index in [4.69, 9.17) is 0 Å². The lowest BCUT2D eigenvalue weighted by Crippen LogP contribution is -2.49. The zero-order chi connectivity index (χ0) is 24.0. The lowest BCUT2D eigenvalue weighted by atomic mass is 9.78. The Balaban J connectivity index is 1.89. The molecule has 0 fully saturated rings. The molecule has 0 aliphatic rings. The summed E-state index contributed by atoms with van der Waals surface area (Å²) in [4.78, 5) is 15.4. The molecule has 5 nitrogen and oxygen atoms in total. The number of nitrogens with one attached hydrogen (secondary N) is 1. The first-order chi connectivity index (χ1) is 15.7. The van der Waals surface area contributed by atoms with Crippen molar-refractivity contribution in [2.75, 3.05) is 0 Å². The highest BCUT2D eigenvalue weighted by Crippen LogP contribution is 2.33.